The van der Waals surface area contributed by atoms with E-state index in [9.17, 15) is 14.4 Å². The van der Waals surface area contributed by atoms with Gasteiger partial charge >= 0.3 is 5.97 Å². The largest absolute Gasteiger partial charge is 0.508 e. The van der Waals surface area contributed by atoms with Gasteiger partial charge in [0.05, 0.1) is 5.56 Å². The Bertz CT molecular complexity index is 851. The highest BCUT2D eigenvalue weighted by Gasteiger charge is 2.27. The van der Waals surface area contributed by atoms with E-state index in [-0.39, 0.29) is 17.9 Å². The van der Waals surface area contributed by atoms with E-state index in [4.69, 9.17) is 19.3 Å². The minimum absolute atomic E-state index is 0.00328. The summed E-state index contributed by atoms with van der Waals surface area (Å²) in [7, 11) is 0. The summed E-state index contributed by atoms with van der Waals surface area (Å²) in [4.78, 5) is 35.5. The number of hydrogen-bond acceptors (Lipinski definition) is 7. The van der Waals surface area contributed by atoms with Crippen molar-refractivity contribution in [1.82, 2.24) is 10.9 Å². The van der Waals surface area contributed by atoms with Crippen molar-refractivity contribution in [3.05, 3.63) is 54.1 Å². The molecule has 3 rings (SSSR count). The van der Waals surface area contributed by atoms with E-state index in [1.165, 1.54) is 24.3 Å². The number of phenolic OH excluding ortho intramolecular Hbond substituents is 1. The molecule has 0 aliphatic carbocycles. The highest BCUT2D eigenvalue weighted by atomic mass is 16.6. The molecule has 0 bridgehead atoms. The molecular weight excluding hydrogens is 356 g/mol. The molecule has 9 heteroatoms. The summed E-state index contributed by atoms with van der Waals surface area (Å²) in [6.07, 6.45) is -0.931. The number of hydrazine groups is 1. The summed E-state index contributed by atoms with van der Waals surface area (Å²) in [6.45, 7) is -0.598. The Balaban J connectivity index is 1.42. The third-order valence-electron chi connectivity index (χ3n) is 3.56. The van der Waals surface area contributed by atoms with Gasteiger partial charge in [-0.15, -0.1) is 0 Å². The molecule has 2 amide bonds. The number of fused-ring (bicyclic) bond motifs is 1. The number of nitrogens with one attached hydrogen (secondary N) is 2. The van der Waals surface area contributed by atoms with E-state index < -0.39 is 30.5 Å². The molecule has 1 atom stereocenters. The quantitative estimate of drug-likeness (QED) is 0.529. The van der Waals surface area contributed by atoms with E-state index in [2.05, 4.69) is 10.9 Å². The maximum Gasteiger partial charge on any atom is 0.338 e. The molecule has 27 heavy (non-hydrogen) atoms. The standard InChI is InChI=1S/C18H16N2O7/c21-12-7-5-11(6-8-12)18(24)26-10-16(22)19-20-17(23)15-9-25-13-3-1-2-4-14(13)27-15/h1-8,15,21H,9-10H2,(H,19,22)(H,20,23)/t15-/m0/s1. The van der Waals surface area contributed by atoms with Gasteiger partial charge in [-0.2, -0.15) is 0 Å². The zero-order valence-electron chi connectivity index (χ0n) is 14.0. The molecule has 0 saturated carbocycles. The first-order valence-electron chi connectivity index (χ1n) is 7.96. The first-order valence-corrected chi connectivity index (χ1v) is 7.96. The van der Waals surface area contributed by atoms with Crippen LogP contribution in [0.3, 0.4) is 0 Å². The Morgan fingerprint density at radius 3 is 2.48 bits per heavy atom. The van der Waals surface area contributed by atoms with Gasteiger partial charge in [0.2, 0.25) is 6.10 Å². The van der Waals surface area contributed by atoms with Crippen LogP contribution in [0.5, 0.6) is 17.2 Å². The Morgan fingerprint density at radius 1 is 1.04 bits per heavy atom. The first-order chi connectivity index (χ1) is 13.0. The lowest BCUT2D eigenvalue weighted by Gasteiger charge is -2.25. The fourth-order valence-corrected chi connectivity index (χ4v) is 2.21. The minimum Gasteiger partial charge on any atom is -0.508 e. The van der Waals surface area contributed by atoms with Crippen molar-refractivity contribution >= 4 is 17.8 Å². The van der Waals surface area contributed by atoms with Crippen LogP contribution < -0.4 is 20.3 Å². The van der Waals surface area contributed by atoms with Crippen LogP contribution in [0.2, 0.25) is 0 Å². The maximum absolute atomic E-state index is 12.0. The summed E-state index contributed by atoms with van der Waals surface area (Å²) >= 11 is 0. The van der Waals surface area contributed by atoms with E-state index >= 15 is 0 Å². The molecule has 0 aromatic heterocycles. The van der Waals surface area contributed by atoms with Crippen LogP contribution in [0, 0.1) is 0 Å². The van der Waals surface area contributed by atoms with Gasteiger partial charge in [0.25, 0.3) is 11.8 Å². The zero-order valence-corrected chi connectivity index (χ0v) is 14.0. The number of aromatic hydroxyl groups is 1. The molecule has 1 aliphatic heterocycles. The van der Waals surface area contributed by atoms with Crippen molar-refractivity contribution in [2.24, 2.45) is 0 Å². The summed E-state index contributed by atoms with van der Waals surface area (Å²) in [5.74, 6) is -1.11. The van der Waals surface area contributed by atoms with Crippen LogP contribution in [0.4, 0.5) is 0 Å². The van der Waals surface area contributed by atoms with Crippen LogP contribution in [0.25, 0.3) is 0 Å². The van der Waals surface area contributed by atoms with Gasteiger partial charge in [-0.05, 0) is 36.4 Å². The van der Waals surface area contributed by atoms with Crippen molar-refractivity contribution in [2.75, 3.05) is 13.2 Å². The molecule has 2 aromatic carbocycles. The summed E-state index contributed by atoms with van der Waals surface area (Å²) in [6, 6.07) is 12.3. The number of carbonyl (C=O) groups excluding carboxylic acids is 3. The van der Waals surface area contributed by atoms with Gasteiger partial charge in [-0.25, -0.2) is 4.79 Å². The molecule has 3 N–H and O–H groups in total. The molecule has 0 spiro atoms. The van der Waals surface area contributed by atoms with Gasteiger partial charge in [0.15, 0.2) is 18.1 Å². The molecule has 0 saturated heterocycles. The van der Waals surface area contributed by atoms with Crippen LogP contribution in [0.1, 0.15) is 10.4 Å². The Labute approximate surface area is 153 Å². The topological polar surface area (TPSA) is 123 Å². The molecule has 0 fully saturated rings. The highest BCUT2D eigenvalue weighted by Crippen LogP contribution is 2.30. The number of para-hydroxylation sites is 2. The molecule has 1 aliphatic rings. The summed E-state index contributed by atoms with van der Waals surface area (Å²) in [5.41, 5.74) is 4.49. The highest BCUT2D eigenvalue weighted by molar-refractivity contribution is 5.92. The van der Waals surface area contributed by atoms with Crippen LogP contribution >= 0.6 is 0 Å². The molecular formula is C18H16N2O7. The lowest BCUT2D eigenvalue weighted by molar-refractivity contribution is -0.135. The van der Waals surface area contributed by atoms with Crippen LogP contribution in [-0.4, -0.2) is 42.2 Å². The molecule has 0 radical (unpaired) electrons. The summed E-state index contributed by atoms with van der Waals surface area (Å²) < 4.78 is 15.7. The van der Waals surface area contributed by atoms with E-state index in [1.807, 2.05) is 0 Å². The number of esters is 1. The van der Waals surface area contributed by atoms with Gasteiger partial charge in [-0.1, -0.05) is 12.1 Å². The zero-order chi connectivity index (χ0) is 19.2. The van der Waals surface area contributed by atoms with Crippen molar-refractivity contribution in [3.8, 4) is 17.2 Å². The fraction of sp³-hybridized carbons (Fsp3) is 0.167. The molecule has 2 aromatic rings. The van der Waals surface area contributed by atoms with Gasteiger partial charge in [0.1, 0.15) is 12.4 Å². The van der Waals surface area contributed by atoms with E-state index in [0.717, 1.165) is 0 Å². The second kappa shape index (κ2) is 8.09. The number of amides is 2. The average Bonchev–Trinajstić information content (AvgIpc) is 2.70. The number of phenols is 1. The van der Waals surface area contributed by atoms with Crippen molar-refractivity contribution < 1.29 is 33.7 Å². The van der Waals surface area contributed by atoms with Crippen LogP contribution in [0.15, 0.2) is 48.5 Å². The van der Waals surface area contributed by atoms with Crippen molar-refractivity contribution in [1.29, 1.82) is 0 Å². The molecule has 1 heterocycles. The van der Waals surface area contributed by atoms with Gasteiger partial charge < -0.3 is 19.3 Å². The lowest BCUT2D eigenvalue weighted by atomic mass is 10.2. The lowest BCUT2D eigenvalue weighted by Crippen LogP contribution is -2.51. The second-order valence-electron chi connectivity index (χ2n) is 5.52. The van der Waals surface area contributed by atoms with Crippen molar-refractivity contribution in [2.45, 2.75) is 6.10 Å². The van der Waals surface area contributed by atoms with Gasteiger partial charge in [-0.3, -0.25) is 20.4 Å². The number of benzene rings is 2. The Hall–Kier alpha value is -3.75. The Kier molecular flexibility index (Phi) is 5.41. The van der Waals surface area contributed by atoms with Gasteiger partial charge in [0, 0.05) is 0 Å². The second-order valence-corrected chi connectivity index (χ2v) is 5.52. The van der Waals surface area contributed by atoms with Crippen molar-refractivity contribution in [3.63, 3.8) is 0 Å². The monoisotopic (exact) mass is 372 g/mol. The number of carbonyl (C=O) groups is 3. The number of ether oxygens (including phenoxy) is 3. The SMILES string of the molecule is O=C(COC(=O)c1ccc(O)cc1)NNC(=O)[C@@H]1COc2ccccc2O1. The molecule has 0 unspecified atom stereocenters. The number of rotatable bonds is 4. The third-order valence-corrected chi connectivity index (χ3v) is 3.56. The minimum atomic E-state index is -0.931. The maximum atomic E-state index is 12.0. The smallest absolute Gasteiger partial charge is 0.338 e. The normalized spacial score (nSPS) is 14.7. The first kappa shape index (κ1) is 18.1. The molecule has 9 nitrogen and oxygen atoms in total. The number of hydrogen-bond donors (Lipinski definition) is 3. The predicted octanol–water partition coefficient (Wildman–Crippen LogP) is 0.536. The predicted molar refractivity (Wildman–Crippen MR) is 91.0 cm³/mol. The third kappa shape index (κ3) is 4.66. The molecule has 140 valence electrons. The van der Waals surface area contributed by atoms with E-state index in [1.54, 1.807) is 24.3 Å². The average molecular weight is 372 g/mol. The fourth-order valence-electron chi connectivity index (χ4n) is 2.21. The van der Waals surface area contributed by atoms with Crippen LogP contribution in [-0.2, 0) is 14.3 Å². The Morgan fingerprint density at radius 2 is 1.74 bits per heavy atom. The van der Waals surface area contributed by atoms with E-state index in [0.29, 0.717) is 11.5 Å². The summed E-state index contributed by atoms with van der Waals surface area (Å²) in [5, 5.41) is 9.16.